The first-order valence-corrected chi connectivity index (χ1v) is 10.9. The molecule has 4 rings (SSSR count). The molecule has 0 bridgehead atoms. The number of carbonyl (C=O) groups excluding carboxylic acids is 2. The van der Waals surface area contributed by atoms with Gasteiger partial charge in [-0.15, -0.1) is 0 Å². The molecule has 0 saturated heterocycles. The molecule has 2 amide bonds. The van der Waals surface area contributed by atoms with E-state index in [2.05, 4.69) is 5.32 Å². The van der Waals surface area contributed by atoms with E-state index in [9.17, 15) is 14.0 Å². The first-order valence-electron chi connectivity index (χ1n) is 10.5. The molecule has 3 N–H and O–H groups in total. The Morgan fingerprint density at radius 2 is 1.88 bits per heavy atom. The number of nitrogens with two attached hydrogens (primary N) is 1. The van der Waals surface area contributed by atoms with Gasteiger partial charge in [0.2, 0.25) is 6.29 Å². The third kappa shape index (κ3) is 5.84. The predicted molar refractivity (Wildman–Crippen MR) is 122 cm³/mol. The number of amides is 2. The topological polar surface area (TPSA) is 99.9 Å². The number of halogens is 2. The fourth-order valence-electron chi connectivity index (χ4n) is 3.66. The van der Waals surface area contributed by atoms with E-state index < -0.39 is 30.1 Å². The highest BCUT2D eigenvalue weighted by Crippen LogP contribution is 2.37. The highest BCUT2D eigenvalue weighted by atomic mass is 35.5. The lowest BCUT2D eigenvalue weighted by Crippen LogP contribution is -2.34. The number of hydrogen-bond acceptors (Lipinski definition) is 5. The smallest absolute Gasteiger partial charge is 0.312 e. The maximum Gasteiger partial charge on any atom is 0.312 e. The largest absolute Gasteiger partial charge is 0.461 e. The summed E-state index contributed by atoms with van der Waals surface area (Å²) in [5.74, 6) is -0.693. The SMILES string of the molecule is NC(=O)NC(CC(=O)OCc1cc(F)cc2c1OC(c1ccccc1)OC2)c1ccc(Cl)cc1. The fraction of sp³-hybridized carbons (Fsp3) is 0.200. The lowest BCUT2D eigenvalue weighted by Gasteiger charge is -2.28. The molecule has 0 fully saturated rings. The molecule has 2 atom stereocenters. The van der Waals surface area contributed by atoms with E-state index in [1.54, 1.807) is 24.3 Å². The van der Waals surface area contributed by atoms with Crippen LogP contribution in [0.1, 0.15) is 41.0 Å². The Hall–Kier alpha value is -3.62. The van der Waals surface area contributed by atoms with Crippen LogP contribution in [0.2, 0.25) is 5.02 Å². The molecule has 1 aliphatic heterocycles. The Morgan fingerprint density at radius 1 is 1.15 bits per heavy atom. The third-order valence-corrected chi connectivity index (χ3v) is 5.49. The summed E-state index contributed by atoms with van der Waals surface area (Å²) in [4.78, 5) is 24.0. The van der Waals surface area contributed by atoms with E-state index >= 15 is 0 Å². The normalized spacial score (nSPS) is 15.5. The van der Waals surface area contributed by atoms with Crippen molar-refractivity contribution in [3.63, 3.8) is 0 Å². The molecule has 176 valence electrons. The number of carbonyl (C=O) groups is 2. The van der Waals surface area contributed by atoms with Crippen LogP contribution in [-0.2, 0) is 27.5 Å². The van der Waals surface area contributed by atoms with Crippen LogP contribution in [0.4, 0.5) is 9.18 Å². The first kappa shape index (κ1) is 23.5. The summed E-state index contributed by atoms with van der Waals surface area (Å²) in [5.41, 5.74) is 7.59. The maximum atomic E-state index is 14.2. The number of hydrogen-bond donors (Lipinski definition) is 2. The molecule has 0 saturated carbocycles. The Labute approximate surface area is 200 Å². The summed E-state index contributed by atoms with van der Waals surface area (Å²) in [6.45, 7) is -0.0703. The Bertz CT molecular complexity index is 1170. The van der Waals surface area contributed by atoms with Crippen LogP contribution in [0, 0.1) is 5.82 Å². The van der Waals surface area contributed by atoms with E-state index in [0.29, 0.717) is 27.5 Å². The second-order valence-corrected chi connectivity index (χ2v) is 8.14. The Balaban J connectivity index is 1.46. The van der Waals surface area contributed by atoms with E-state index in [4.69, 9.17) is 31.5 Å². The number of urea groups is 1. The van der Waals surface area contributed by atoms with Gasteiger partial charge in [-0.2, -0.15) is 0 Å². The number of rotatable bonds is 7. The molecule has 7 nitrogen and oxygen atoms in total. The van der Waals surface area contributed by atoms with Gasteiger partial charge in [0.1, 0.15) is 18.2 Å². The summed E-state index contributed by atoms with van der Waals surface area (Å²) < 4.78 is 31.3. The van der Waals surface area contributed by atoms with Crippen LogP contribution < -0.4 is 15.8 Å². The van der Waals surface area contributed by atoms with Crippen molar-refractivity contribution in [2.45, 2.75) is 32.0 Å². The average Bonchev–Trinajstić information content (AvgIpc) is 2.82. The number of primary amides is 1. The number of nitrogens with one attached hydrogen (secondary N) is 1. The van der Waals surface area contributed by atoms with Crippen LogP contribution in [0.15, 0.2) is 66.7 Å². The van der Waals surface area contributed by atoms with E-state index in [1.807, 2.05) is 30.3 Å². The molecule has 1 aliphatic rings. The average molecular weight is 485 g/mol. The minimum Gasteiger partial charge on any atom is -0.461 e. The second-order valence-electron chi connectivity index (χ2n) is 7.70. The summed E-state index contributed by atoms with van der Waals surface area (Å²) in [5, 5.41) is 3.03. The Morgan fingerprint density at radius 3 is 2.59 bits per heavy atom. The molecule has 0 spiro atoms. The highest BCUT2D eigenvalue weighted by molar-refractivity contribution is 6.30. The predicted octanol–water partition coefficient (Wildman–Crippen LogP) is 4.93. The quantitative estimate of drug-likeness (QED) is 0.463. The zero-order valence-electron chi connectivity index (χ0n) is 18.0. The molecule has 0 aromatic heterocycles. The highest BCUT2D eigenvalue weighted by Gasteiger charge is 2.26. The zero-order chi connectivity index (χ0) is 24.1. The van der Waals surface area contributed by atoms with Crippen molar-refractivity contribution in [1.82, 2.24) is 5.32 Å². The summed E-state index contributed by atoms with van der Waals surface area (Å²) in [7, 11) is 0. The maximum absolute atomic E-state index is 14.2. The molecule has 0 aliphatic carbocycles. The van der Waals surface area contributed by atoms with Gasteiger partial charge < -0.3 is 25.3 Å². The van der Waals surface area contributed by atoms with Gasteiger partial charge >= 0.3 is 12.0 Å². The molecule has 3 aromatic rings. The lowest BCUT2D eigenvalue weighted by atomic mass is 10.0. The van der Waals surface area contributed by atoms with Gasteiger partial charge in [-0.1, -0.05) is 54.1 Å². The van der Waals surface area contributed by atoms with Crippen LogP contribution in [-0.4, -0.2) is 12.0 Å². The molecule has 1 heterocycles. The molecule has 2 unspecified atom stereocenters. The number of fused-ring (bicyclic) bond motifs is 1. The molecule has 34 heavy (non-hydrogen) atoms. The minimum atomic E-state index is -0.785. The lowest BCUT2D eigenvalue weighted by molar-refractivity contribution is -0.145. The number of benzene rings is 3. The summed E-state index contributed by atoms with van der Waals surface area (Å²) in [6, 6.07) is 17.1. The van der Waals surface area contributed by atoms with Crippen LogP contribution in [0.25, 0.3) is 0 Å². The van der Waals surface area contributed by atoms with Crippen molar-refractivity contribution < 1.29 is 28.2 Å². The van der Waals surface area contributed by atoms with Crippen molar-refractivity contribution in [1.29, 1.82) is 0 Å². The molecule has 9 heteroatoms. The molecule has 3 aromatic carbocycles. The van der Waals surface area contributed by atoms with Gasteiger partial charge in [-0.05, 0) is 29.8 Å². The zero-order valence-corrected chi connectivity index (χ0v) is 18.8. The molecular formula is C25H22ClFN2O5. The van der Waals surface area contributed by atoms with Gasteiger partial charge in [0.25, 0.3) is 0 Å². The van der Waals surface area contributed by atoms with Gasteiger partial charge in [-0.25, -0.2) is 9.18 Å². The van der Waals surface area contributed by atoms with Crippen LogP contribution in [0.3, 0.4) is 0 Å². The van der Waals surface area contributed by atoms with Gasteiger partial charge in [0, 0.05) is 21.7 Å². The summed E-state index contributed by atoms with van der Waals surface area (Å²) >= 11 is 5.91. The van der Waals surface area contributed by atoms with Gasteiger partial charge in [0.05, 0.1) is 19.1 Å². The van der Waals surface area contributed by atoms with Crippen molar-refractivity contribution in [3.05, 3.63) is 99.8 Å². The van der Waals surface area contributed by atoms with Crippen molar-refractivity contribution in [2.75, 3.05) is 0 Å². The number of esters is 1. The molecular weight excluding hydrogens is 463 g/mol. The van der Waals surface area contributed by atoms with Crippen molar-refractivity contribution in [2.24, 2.45) is 5.73 Å². The van der Waals surface area contributed by atoms with E-state index in [-0.39, 0.29) is 19.6 Å². The van der Waals surface area contributed by atoms with E-state index in [1.165, 1.54) is 12.1 Å². The second kappa shape index (κ2) is 10.5. The van der Waals surface area contributed by atoms with Crippen molar-refractivity contribution >= 4 is 23.6 Å². The van der Waals surface area contributed by atoms with Crippen molar-refractivity contribution in [3.8, 4) is 5.75 Å². The summed E-state index contributed by atoms with van der Waals surface area (Å²) in [6.07, 6.45) is -0.846. The Kier molecular flexibility index (Phi) is 7.30. The van der Waals surface area contributed by atoms with Crippen LogP contribution in [0.5, 0.6) is 5.75 Å². The van der Waals surface area contributed by atoms with Gasteiger partial charge in [-0.3, -0.25) is 4.79 Å². The molecule has 0 radical (unpaired) electrons. The first-order chi connectivity index (χ1) is 16.4. The minimum absolute atomic E-state index is 0.148. The monoisotopic (exact) mass is 484 g/mol. The fourth-order valence-corrected chi connectivity index (χ4v) is 3.79. The van der Waals surface area contributed by atoms with Gasteiger partial charge in [0.15, 0.2) is 0 Å². The van der Waals surface area contributed by atoms with Crippen LogP contribution >= 0.6 is 11.6 Å². The standard InChI is InChI=1S/C25H22ClFN2O5/c26-19-8-6-15(7-9-19)21(29-25(28)31)12-22(30)32-13-17-10-20(27)11-18-14-33-24(34-23(17)18)16-4-2-1-3-5-16/h1-11,21,24H,12-14H2,(H3,28,29,31). The third-order valence-electron chi connectivity index (χ3n) is 5.24. The number of ether oxygens (including phenoxy) is 3. The van der Waals surface area contributed by atoms with E-state index in [0.717, 1.165) is 5.56 Å².